The van der Waals surface area contributed by atoms with Crippen LogP contribution in [0.25, 0.3) is 16.9 Å². The third-order valence-electron chi connectivity index (χ3n) is 7.04. The van der Waals surface area contributed by atoms with Crippen molar-refractivity contribution in [3.63, 3.8) is 0 Å². The van der Waals surface area contributed by atoms with E-state index < -0.39 is 26.2 Å². The van der Waals surface area contributed by atoms with E-state index >= 15 is 0 Å². The molecule has 7 N–H and O–H groups in total. The van der Waals surface area contributed by atoms with E-state index in [2.05, 4.69) is 92.9 Å². The fourth-order valence-electron chi connectivity index (χ4n) is 4.43. The van der Waals surface area contributed by atoms with Gasteiger partial charge in [0, 0.05) is 54.7 Å². The molecule has 0 aliphatic heterocycles. The van der Waals surface area contributed by atoms with Crippen molar-refractivity contribution in [3.05, 3.63) is 185 Å². The molecular weight excluding hydrogens is 949 g/mol. The second kappa shape index (κ2) is 30.6. The predicted molar refractivity (Wildman–Crippen MR) is 238 cm³/mol. The molecule has 8 rings (SSSR count). The summed E-state index contributed by atoms with van der Waals surface area (Å²) < 4.78 is 5.78. The van der Waals surface area contributed by atoms with Gasteiger partial charge in [0.2, 0.25) is 0 Å². The van der Waals surface area contributed by atoms with E-state index in [9.17, 15) is 0 Å². The molecule has 0 atom stereocenters. The molecule has 0 amide bonds. The fourth-order valence-corrected chi connectivity index (χ4v) is 4.96. The van der Waals surface area contributed by atoms with Crippen molar-refractivity contribution in [2.75, 3.05) is 0 Å². The molecule has 60 heavy (non-hydrogen) atoms. The minimum Gasteiger partial charge on any atom is -0.481 e. The van der Waals surface area contributed by atoms with Crippen molar-refractivity contribution in [1.82, 2.24) is 29.1 Å². The van der Waals surface area contributed by atoms with Gasteiger partial charge in [-0.25, -0.2) is 15.0 Å². The Morgan fingerprint density at radius 2 is 1.17 bits per heavy atom. The summed E-state index contributed by atoms with van der Waals surface area (Å²) in [4.78, 5) is 33.0. The number of benzene rings is 3. The zero-order valence-corrected chi connectivity index (χ0v) is 36.6. The molecule has 3 heterocycles. The Morgan fingerprint density at radius 1 is 0.683 bits per heavy atom. The quantitative estimate of drug-likeness (QED) is 0.0931. The van der Waals surface area contributed by atoms with Crippen LogP contribution in [0.4, 0.5) is 0 Å². The van der Waals surface area contributed by atoms with Crippen molar-refractivity contribution in [2.24, 2.45) is 0 Å². The van der Waals surface area contributed by atoms with Crippen LogP contribution in [-0.2, 0) is 26.7 Å². The topological polar surface area (TPSA) is 220 Å². The average molecular weight is 994 g/mol. The predicted octanol–water partition coefficient (Wildman–Crippen LogP) is 6.45. The second-order valence-corrected chi connectivity index (χ2v) is 13.4. The van der Waals surface area contributed by atoms with Gasteiger partial charge >= 0.3 is 14.2 Å². The third-order valence-corrected chi connectivity index (χ3v) is 7.88. The van der Waals surface area contributed by atoms with Crippen molar-refractivity contribution in [1.29, 1.82) is 0 Å². The van der Waals surface area contributed by atoms with E-state index in [1.807, 2.05) is 83.8 Å². The van der Waals surface area contributed by atoms with E-state index in [0.717, 1.165) is 46.5 Å². The molecule has 2 aliphatic rings. The third kappa shape index (κ3) is 23.3. The van der Waals surface area contributed by atoms with Gasteiger partial charge in [0.05, 0.1) is 24.5 Å². The Bertz CT molecular complexity index is 2180. The van der Waals surface area contributed by atoms with Gasteiger partial charge in [-0.05, 0) is 85.5 Å². The largest absolute Gasteiger partial charge is 0.488 e. The molecule has 0 spiro atoms. The fraction of sp³-hybridized carbons (Fsp3) is 0.0976. The number of hydrogen-bond donors (Lipinski definition) is 7. The van der Waals surface area contributed by atoms with E-state index in [4.69, 9.17) is 39.9 Å². The summed E-state index contributed by atoms with van der Waals surface area (Å²) in [5, 5.41) is 49.0. The molecule has 6 aromatic rings. The first-order valence-electron chi connectivity index (χ1n) is 17.6. The maximum atomic E-state index is 9.00. The number of aliphatic carboxylic acids is 2. The van der Waals surface area contributed by atoms with Gasteiger partial charge in [0.1, 0.15) is 15.5 Å². The number of rotatable bonds is 5. The summed E-state index contributed by atoms with van der Waals surface area (Å²) in [5.74, 6) is -1.67. The van der Waals surface area contributed by atoms with E-state index in [1.54, 1.807) is 49.2 Å². The summed E-state index contributed by atoms with van der Waals surface area (Å²) in [5.41, 5.74) is 5.81. The summed E-state index contributed by atoms with van der Waals surface area (Å²) in [6.07, 6.45) is 24.4. The minimum absolute atomic E-state index is 0. The SMILES string of the molecule is Brc1cn(-c2ccccc2)cn1.Brc1cnc[nH]1.C1=CCC(c2cn(-c3ccccc3)cn2)=C1.CC(=O)O.CC(=O)O.OB(O)C1=CC=CC1.OB(O)c1ccccc1.[Cu]. The Morgan fingerprint density at radius 3 is 1.50 bits per heavy atom. The van der Waals surface area contributed by atoms with Crippen LogP contribution in [0.15, 0.2) is 180 Å². The summed E-state index contributed by atoms with van der Waals surface area (Å²) in [6, 6.07) is 29.0. The Balaban J connectivity index is 0.000000369. The molecule has 0 saturated carbocycles. The van der Waals surface area contributed by atoms with Gasteiger partial charge in [0.25, 0.3) is 11.9 Å². The van der Waals surface area contributed by atoms with Crippen molar-refractivity contribution < 1.29 is 57.0 Å². The average Bonchev–Trinajstić information content (AvgIpc) is 4.08. The standard InChI is InChI=1S/C14H12N2.C9H7BrN2.C6H7BO2.C5H7BO2.C3H3BrN2.2C2H4O2.Cu/c1-2-8-13(9-3-1)16-10-14(15-11-16)12-6-4-5-7-12;10-9-6-12(7-11-9)8-4-2-1-3-5-8;8-7(9)6-4-2-1-3-5-6;7-6(8)5-3-1-2-4-5;4-3-1-5-2-6-3;2*1-2(3)4;/h1-6,8-11H,7H2;1-7H;1-5,8-9H;1-3,7-8H,4H2;1-2H,(H,5,6);2*1H3,(H,3,4);. The number of para-hydroxylation sites is 2. The smallest absolute Gasteiger partial charge is 0.481 e. The molecule has 3 aromatic carbocycles. The number of hydrogen-bond acceptors (Lipinski definition) is 9. The van der Waals surface area contributed by atoms with Gasteiger partial charge < -0.3 is 44.4 Å². The van der Waals surface area contributed by atoms with E-state index in [1.165, 1.54) is 5.57 Å². The molecule has 3 aromatic heterocycles. The number of H-pyrrole nitrogens is 1. The maximum Gasteiger partial charge on any atom is 0.488 e. The van der Waals surface area contributed by atoms with Gasteiger partial charge in [-0.2, -0.15) is 0 Å². The zero-order valence-electron chi connectivity index (χ0n) is 32.5. The molecule has 19 heteroatoms. The van der Waals surface area contributed by atoms with Crippen LogP contribution in [0.5, 0.6) is 0 Å². The van der Waals surface area contributed by atoms with Crippen LogP contribution >= 0.6 is 31.9 Å². The first-order valence-corrected chi connectivity index (χ1v) is 19.2. The molecule has 0 fully saturated rings. The summed E-state index contributed by atoms with van der Waals surface area (Å²) in [6.45, 7) is 2.17. The second-order valence-electron chi connectivity index (χ2n) is 11.7. The van der Waals surface area contributed by atoms with Crippen molar-refractivity contribution in [2.45, 2.75) is 26.7 Å². The summed E-state index contributed by atoms with van der Waals surface area (Å²) >= 11 is 6.46. The number of carboxylic acids is 2. The number of imidazole rings is 3. The van der Waals surface area contributed by atoms with Crippen molar-refractivity contribution >= 4 is 69.1 Å². The van der Waals surface area contributed by atoms with Crippen LogP contribution in [0.2, 0.25) is 0 Å². The van der Waals surface area contributed by atoms with Crippen molar-refractivity contribution in [3.8, 4) is 11.4 Å². The number of halogens is 2. The van der Waals surface area contributed by atoms with Crippen LogP contribution in [0.3, 0.4) is 0 Å². The Kier molecular flexibility index (Phi) is 26.9. The first kappa shape index (κ1) is 52.7. The number of carbonyl (C=O) groups is 2. The van der Waals surface area contributed by atoms with E-state index in [0.29, 0.717) is 17.4 Å². The number of aromatic nitrogens is 6. The van der Waals surface area contributed by atoms with Gasteiger partial charge in [-0.3, -0.25) is 9.59 Å². The summed E-state index contributed by atoms with van der Waals surface area (Å²) in [7, 11) is -2.60. The molecule has 1 radical (unpaired) electrons. The molecule has 317 valence electrons. The Labute approximate surface area is 376 Å². The molecule has 0 unspecified atom stereocenters. The monoisotopic (exact) mass is 991 g/mol. The van der Waals surface area contributed by atoms with Crippen LogP contribution in [0.1, 0.15) is 32.4 Å². The number of carboxylic acid groups (broad SMARTS) is 2. The van der Waals surface area contributed by atoms with Crippen LogP contribution in [0, 0.1) is 0 Å². The molecule has 0 bridgehead atoms. The number of aromatic amines is 1. The van der Waals surface area contributed by atoms with Crippen LogP contribution in [-0.4, -0.2) is 85.6 Å². The Hall–Kier alpha value is -5.36. The van der Waals surface area contributed by atoms with Gasteiger partial charge in [0.15, 0.2) is 0 Å². The number of nitrogens with zero attached hydrogens (tertiary/aromatic N) is 5. The minimum atomic E-state index is -1.34. The normalized spacial score (nSPS) is 11.1. The molecular formula is C41H44B2Br2CuN6O8. The zero-order chi connectivity index (χ0) is 43.4. The molecule has 14 nitrogen and oxygen atoms in total. The van der Waals surface area contributed by atoms with Gasteiger partial charge in [-0.1, -0.05) is 103 Å². The molecule has 2 aliphatic carbocycles. The number of allylic oxidation sites excluding steroid dienone is 8. The van der Waals surface area contributed by atoms with Crippen LogP contribution < -0.4 is 5.46 Å². The maximum absolute atomic E-state index is 9.00. The van der Waals surface area contributed by atoms with E-state index in [-0.39, 0.29) is 17.1 Å². The van der Waals surface area contributed by atoms with Gasteiger partial charge in [-0.15, -0.1) is 0 Å². The molecule has 0 saturated heterocycles. The number of nitrogens with one attached hydrogen (secondary N) is 1. The first-order chi connectivity index (χ1) is 28.3.